The first-order chi connectivity index (χ1) is 5.68. The first kappa shape index (κ1) is 8.03. The van der Waals surface area contributed by atoms with E-state index < -0.39 is 0 Å². The van der Waals surface area contributed by atoms with Crippen LogP contribution >= 0.6 is 32.9 Å². The summed E-state index contributed by atoms with van der Waals surface area (Å²) in [6.07, 6.45) is 0. The Bertz CT molecular complexity index is 535. The van der Waals surface area contributed by atoms with Gasteiger partial charge in [-0.3, -0.25) is 4.79 Å². The molecule has 2 heterocycles. The highest BCUT2D eigenvalue weighted by molar-refractivity contribution is 7.81. The topological polar surface area (TPSA) is 45.8 Å². The molecule has 62 valence electrons. The smallest absolute Gasteiger partial charge is 0.261 e. The maximum absolute atomic E-state index is 11.3. The van der Waals surface area contributed by atoms with E-state index in [0.29, 0.717) is 15.0 Å². The molecule has 1 N–H and O–H groups in total. The van der Waals surface area contributed by atoms with Crippen molar-refractivity contribution in [1.82, 2.24) is 9.97 Å². The highest BCUT2D eigenvalue weighted by Gasteiger charge is 2.05. The fraction of sp³-hybridized carbons (Fsp3) is 0.167. The molecule has 0 bridgehead atoms. The number of aryl methyl sites for hydroxylation is 1. The van der Waals surface area contributed by atoms with Crippen LogP contribution in [0.1, 0.15) is 5.82 Å². The standard InChI is InChI=1S/C6H4N2OS3/c1-2-7-4(9)3-5(8-2)11-12-6(3)10/h1H3,(H,7,8,9). The van der Waals surface area contributed by atoms with Crippen molar-refractivity contribution < 1.29 is 0 Å². The Hall–Kier alpha value is -0.590. The van der Waals surface area contributed by atoms with E-state index in [4.69, 9.17) is 12.2 Å². The maximum Gasteiger partial charge on any atom is 0.261 e. The van der Waals surface area contributed by atoms with Crippen LogP contribution in [0.2, 0.25) is 0 Å². The Balaban J connectivity index is 3.13. The van der Waals surface area contributed by atoms with Gasteiger partial charge in [-0.1, -0.05) is 32.9 Å². The molecule has 0 aliphatic rings. The molecule has 12 heavy (non-hydrogen) atoms. The molecule has 0 amide bonds. The number of rotatable bonds is 0. The number of nitrogens with one attached hydrogen (secondary N) is 1. The molecule has 0 aliphatic carbocycles. The zero-order valence-corrected chi connectivity index (χ0v) is 8.53. The van der Waals surface area contributed by atoms with E-state index in [1.807, 2.05) is 0 Å². The second-order valence-electron chi connectivity index (χ2n) is 2.29. The number of hydrogen-bond donors (Lipinski definition) is 1. The Kier molecular flexibility index (Phi) is 1.82. The number of aromatic amines is 1. The third kappa shape index (κ3) is 1.12. The van der Waals surface area contributed by atoms with Gasteiger partial charge in [0.15, 0.2) is 0 Å². The fourth-order valence-electron chi connectivity index (χ4n) is 0.919. The summed E-state index contributed by atoms with van der Waals surface area (Å²) in [5.74, 6) is 0.636. The van der Waals surface area contributed by atoms with Crippen molar-refractivity contribution in [3.8, 4) is 0 Å². The number of nitrogens with zero attached hydrogens (tertiary/aromatic N) is 1. The molecular weight excluding hydrogens is 212 g/mol. The minimum absolute atomic E-state index is 0.125. The molecule has 2 rings (SSSR count). The van der Waals surface area contributed by atoms with E-state index in [0.717, 1.165) is 4.83 Å². The fourth-order valence-corrected chi connectivity index (χ4v) is 3.50. The number of aromatic nitrogens is 2. The van der Waals surface area contributed by atoms with Crippen LogP contribution in [0.25, 0.3) is 10.2 Å². The van der Waals surface area contributed by atoms with Crippen molar-refractivity contribution in [2.24, 2.45) is 0 Å². The summed E-state index contributed by atoms with van der Waals surface area (Å²) in [5, 5.41) is 0.561. The quantitative estimate of drug-likeness (QED) is 0.542. The van der Waals surface area contributed by atoms with Gasteiger partial charge in [-0.15, -0.1) is 0 Å². The molecule has 6 heteroatoms. The largest absolute Gasteiger partial charge is 0.310 e. The molecular formula is C6H4N2OS3. The second kappa shape index (κ2) is 2.72. The van der Waals surface area contributed by atoms with Crippen LogP contribution in [-0.4, -0.2) is 9.97 Å². The first-order valence-electron chi connectivity index (χ1n) is 3.18. The van der Waals surface area contributed by atoms with E-state index in [-0.39, 0.29) is 5.56 Å². The second-order valence-corrected chi connectivity index (χ2v) is 5.08. The van der Waals surface area contributed by atoms with Gasteiger partial charge in [0, 0.05) is 0 Å². The normalized spacial score (nSPS) is 10.8. The van der Waals surface area contributed by atoms with Crippen molar-refractivity contribution in [1.29, 1.82) is 0 Å². The summed E-state index contributed by atoms with van der Waals surface area (Å²) < 4.78 is 0.628. The highest BCUT2D eigenvalue weighted by atomic mass is 32.9. The monoisotopic (exact) mass is 216 g/mol. The zero-order valence-electron chi connectivity index (χ0n) is 6.08. The van der Waals surface area contributed by atoms with Gasteiger partial charge in [-0.2, -0.15) is 0 Å². The van der Waals surface area contributed by atoms with E-state index >= 15 is 0 Å². The van der Waals surface area contributed by atoms with Crippen LogP contribution in [0.3, 0.4) is 0 Å². The van der Waals surface area contributed by atoms with Crippen LogP contribution in [0, 0.1) is 10.7 Å². The third-order valence-corrected chi connectivity index (χ3v) is 4.29. The summed E-state index contributed by atoms with van der Waals surface area (Å²) in [6, 6.07) is 0. The lowest BCUT2D eigenvalue weighted by atomic mass is 10.4. The van der Waals surface area contributed by atoms with Gasteiger partial charge in [-0.05, 0) is 6.92 Å². The molecule has 3 nitrogen and oxygen atoms in total. The van der Waals surface area contributed by atoms with Crippen LogP contribution in [0.5, 0.6) is 0 Å². The zero-order chi connectivity index (χ0) is 8.72. The van der Waals surface area contributed by atoms with Gasteiger partial charge >= 0.3 is 0 Å². The lowest BCUT2D eigenvalue weighted by Gasteiger charge is -1.89. The summed E-state index contributed by atoms with van der Waals surface area (Å²) >= 11 is 4.99. The molecule has 0 atom stereocenters. The SMILES string of the molecule is Cc1nc2ssc(=S)c2c(=O)[nH]1. The molecule has 0 aromatic carbocycles. The molecule has 0 saturated heterocycles. The van der Waals surface area contributed by atoms with Gasteiger partial charge in [-0.25, -0.2) is 4.98 Å². The lowest BCUT2D eigenvalue weighted by molar-refractivity contribution is 1.07. The van der Waals surface area contributed by atoms with Crippen LogP contribution in [-0.2, 0) is 0 Å². The molecule has 2 aromatic heterocycles. The van der Waals surface area contributed by atoms with Crippen LogP contribution < -0.4 is 5.56 Å². The minimum atomic E-state index is -0.125. The van der Waals surface area contributed by atoms with Crippen LogP contribution in [0.4, 0.5) is 0 Å². The van der Waals surface area contributed by atoms with Gasteiger partial charge < -0.3 is 4.98 Å². The lowest BCUT2D eigenvalue weighted by Crippen LogP contribution is -2.08. The van der Waals surface area contributed by atoms with E-state index in [1.54, 1.807) is 6.92 Å². The Morgan fingerprint density at radius 1 is 1.50 bits per heavy atom. The summed E-state index contributed by atoms with van der Waals surface area (Å²) in [5.41, 5.74) is -0.125. The molecule has 0 unspecified atom stereocenters. The molecule has 0 aliphatic heterocycles. The first-order valence-corrected chi connectivity index (χ1v) is 5.74. The van der Waals surface area contributed by atoms with E-state index in [1.165, 1.54) is 20.7 Å². The molecule has 2 aromatic rings. The molecule has 0 fully saturated rings. The molecule has 0 spiro atoms. The average Bonchev–Trinajstić information content (AvgIpc) is 2.31. The summed E-state index contributed by atoms with van der Waals surface area (Å²) in [4.78, 5) is 18.9. The van der Waals surface area contributed by atoms with Gasteiger partial charge in [0.05, 0.1) is 0 Å². The van der Waals surface area contributed by atoms with Crippen molar-refractivity contribution in [3.05, 3.63) is 20.0 Å². The van der Waals surface area contributed by atoms with E-state index in [9.17, 15) is 4.79 Å². The van der Waals surface area contributed by atoms with Crippen molar-refractivity contribution in [3.63, 3.8) is 0 Å². The van der Waals surface area contributed by atoms with Gasteiger partial charge in [0.25, 0.3) is 5.56 Å². The van der Waals surface area contributed by atoms with E-state index in [2.05, 4.69) is 9.97 Å². The van der Waals surface area contributed by atoms with Crippen molar-refractivity contribution in [2.45, 2.75) is 6.92 Å². The van der Waals surface area contributed by atoms with Gasteiger partial charge in [0.2, 0.25) is 0 Å². The van der Waals surface area contributed by atoms with Crippen LogP contribution in [0.15, 0.2) is 4.79 Å². The molecule has 0 saturated carbocycles. The summed E-state index contributed by atoms with van der Waals surface area (Å²) in [6.45, 7) is 1.76. The number of hydrogen-bond acceptors (Lipinski definition) is 5. The van der Waals surface area contributed by atoms with Crippen molar-refractivity contribution >= 4 is 43.1 Å². The minimum Gasteiger partial charge on any atom is -0.310 e. The number of H-pyrrole nitrogens is 1. The van der Waals surface area contributed by atoms with Crippen molar-refractivity contribution in [2.75, 3.05) is 0 Å². The maximum atomic E-state index is 11.3. The predicted molar refractivity (Wildman–Crippen MR) is 53.7 cm³/mol. The Morgan fingerprint density at radius 3 is 3.00 bits per heavy atom. The predicted octanol–water partition coefficient (Wildman–Crippen LogP) is 2.08. The Morgan fingerprint density at radius 2 is 2.25 bits per heavy atom. The number of fused-ring (bicyclic) bond motifs is 1. The molecule has 0 radical (unpaired) electrons. The van der Waals surface area contributed by atoms with Gasteiger partial charge in [0.1, 0.15) is 19.9 Å². The highest BCUT2D eigenvalue weighted by Crippen LogP contribution is 2.22. The Labute approximate surface area is 80.1 Å². The third-order valence-electron chi connectivity index (χ3n) is 1.41. The summed E-state index contributed by atoms with van der Waals surface area (Å²) in [7, 11) is 2.86. The average molecular weight is 216 g/mol.